The molecule has 0 radical (unpaired) electrons. The lowest BCUT2D eigenvalue weighted by atomic mass is 9.74. The van der Waals surface area contributed by atoms with Gasteiger partial charge in [-0.3, -0.25) is 43.3 Å². The van der Waals surface area contributed by atoms with Gasteiger partial charge in [-0.15, -0.1) is 0 Å². The van der Waals surface area contributed by atoms with Crippen LogP contribution in [-0.2, 0) is 33.6 Å². The molecule has 0 aliphatic heterocycles. The lowest BCUT2D eigenvalue weighted by Crippen LogP contribution is -2.50. The average molecular weight is 829 g/mol. The van der Waals surface area contributed by atoms with Crippen LogP contribution >= 0.6 is 0 Å². The van der Waals surface area contributed by atoms with Crippen molar-refractivity contribution < 1.29 is 38.4 Å². The van der Waals surface area contributed by atoms with Crippen molar-refractivity contribution in [3.8, 4) is 0 Å². The lowest BCUT2D eigenvalue weighted by molar-refractivity contribution is -0.141. The molecule has 2 aliphatic carbocycles. The quantitative estimate of drug-likeness (QED) is 0.139. The third-order valence-electron chi connectivity index (χ3n) is 12.0. The molecule has 1 aromatic heterocycles. The van der Waals surface area contributed by atoms with E-state index in [1.165, 1.54) is 23.5 Å². The highest BCUT2D eigenvalue weighted by molar-refractivity contribution is 6.38. The second-order valence-electron chi connectivity index (χ2n) is 17.8. The summed E-state index contributed by atoms with van der Waals surface area (Å²) in [4.78, 5) is 117. The number of likely N-dealkylation sites (N-methyl/N-ethyl adjacent to an activating group) is 1. The maximum absolute atomic E-state index is 14.1. The van der Waals surface area contributed by atoms with Crippen LogP contribution in [0.15, 0.2) is 48.9 Å². The largest absolute Gasteiger partial charge is 0.352 e. The van der Waals surface area contributed by atoms with Crippen molar-refractivity contribution in [3.63, 3.8) is 0 Å². The standard InChI is InChI=1S/C46H64N6O8/c1-7-15-31(42(57)36(53)22-23-39(56)50-41(45(60)52(5)6)30-18-12-9-13-19-30)26-37(54)32-20-14-21-34(32)49-43(58)33(46(2,3)4)27-38(55)40(29-16-10-8-11-17-29)51-44(59)35-28-47-24-25-48-35/h9,12-13,18-19,24-25,28-29,31-34,40-41H,7-8,10-11,14-17,20-23,26-27H2,1-6H3,(H,49,58)(H,50,56)(H,51,59)/t31-,32-,33-,34+,40+,41+/m1/s1. The van der Waals surface area contributed by atoms with Gasteiger partial charge < -0.3 is 20.9 Å². The summed E-state index contributed by atoms with van der Waals surface area (Å²) >= 11 is 0. The van der Waals surface area contributed by atoms with Gasteiger partial charge in [0.25, 0.3) is 5.91 Å². The zero-order chi connectivity index (χ0) is 44.0. The van der Waals surface area contributed by atoms with Crippen molar-refractivity contribution in [3.05, 3.63) is 60.2 Å². The van der Waals surface area contributed by atoms with Gasteiger partial charge in [0.05, 0.1) is 12.2 Å². The Morgan fingerprint density at radius 3 is 2.15 bits per heavy atom. The summed E-state index contributed by atoms with van der Waals surface area (Å²) in [6.07, 6.45) is 10.4. The van der Waals surface area contributed by atoms with E-state index in [0.29, 0.717) is 37.7 Å². The summed E-state index contributed by atoms with van der Waals surface area (Å²) in [6, 6.07) is 6.49. The van der Waals surface area contributed by atoms with Crippen molar-refractivity contribution in [1.82, 2.24) is 30.8 Å². The molecule has 14 nitrogen and oxygen atoms in total. The average Bonchev–Trinajstić information content (AvgIpc) is 3.70. The number of rotatable bonds is 21. The number of Topliss-reactive ketones (excluding diaryl/α,β-unsaturated/α-hetero) is 4. The Morgan fingerprint density at radius 2 is 1.53 bits per heavy atom. The molecule has 0 unspecified atom stereocenters. The summed E-state index contributed by atoms with van der Waals surface area (Å²) in [7, 11) is 3.16. The van der Waals surface area contributed by atoms with Gasteiger partial charge in [-0.05, 0) is 49.0 Å². The molecular weight excluding hydrogens is 765 g/mol. The van der Waals surface area contributed by atoms with Gasteiger partial charge in [-0.25, -0.2) is 4.98 Å². The fourth-order valence-corrected chi connectivity index (χ4v) is 8.55. The number of benzene rings is 1. The third kappa shape index (κ3) is 13.4. The highest BCUT2D eigenvalue weighted by Gasteiger charge is 2.42. The van der Waals surface area contributed by atoms with E-state index >= 15 is 0 Å². The molecule has 6 atom stereocenters. The maximum atomic E-state index is 14.1. The highest BCUT2D eigenvalue weighted by atomic mass is 16.2. The molecule has 2 fully saturated rings. The number of amides is 4. The van der Waals surface area contributed by atoms with Gasteiger partial charge in [-0.1, -0.05) is 90.1 Å². The normalized spacial score (nSPS) is 18.9. The second kappa shape index (κ2) is 22.5. The van der Waals surface area contributed by atoms with Gasteiger partial charge >= 0.3 is 0 Å². The number of ketones is 4. The lowest BCUT2D eigenvalue weighted by Gasteiger charge is -2.34. The first kappa shape index (κ1) is 47.5. The Balaban J connectivity index is 1.38. The number of hydrogen-bond acceptors (Lipinski definition) is 10. The number of nitrogens with one attached hydrogen (secondary N) is 3. The molecule has 2 saturated carbocycles. The monoisotopic (exact) mass is 828 g/mol. The Kier molecular flexibility index (Phi) is 17.8. The molecule has 60 heavy (non-hydrogen) atoms. The molecule has 1 heterocycles. The van der Waals surface area contributed by atoms with Crippen molar-refractivity contribution >= 4 is 46.8 Å². The summed E-state index contributed by atoms with van der Waals surface area (Å²) in [6.45, 7) is 7.53. The predicted molar refractivity (Wildman–Crippen MR) is 225 cm³/mol. The van der Waals surface area contributed by atoms with Crippen LogP contribution in [0.5, 0.6) is 0 Å². The molecule has 14 heteroatoms. The summed E-state index contributed by atoms with van der Waals surface area (Å²) in [5, 5.41) is 8.71. The Bertz CT molecular complexity index is 1820. The summed E-state index contributed by atoms with van der Waals surface area (Å²) in [5.74, 6) is -5.88. The first-order chi connectivity index (χ1) is 28.5. The minimum absolute atomic E-state index is 0.0686. The van der Waals surface area contributed by atoms with E-state index < -0.39 is 64.7 Å². The number of aromatic nitrogens is 2. The van der Waals surface area contributed by atoms with Crippen LogP contribution in [0, 0.1) is 29.1 Å². The van der Waals surface area contributed by atoms with Crippen LogP contribution in [-0.4, -0.2) is 87.8 Å². The molecule has 0 saturated heterocycles. The molecule has 326 valence electrons. The number of nitrogens with zero attached hydrogens (tertiary/aromatic N) is 3. The van der Waals surface area contributed by atoms with E-state index in [1.54, 1.807) is 44.4 Å². The van der Waals surface area contributed by atoms with E-state index in [4.69, 9.17) is 0 Å². The van der Waals surface area contributed by atoms with E-state index in [2.05, 4.69) is 25.9 Å². The number of hydrogen-bond donors (Lipinski definition) is 3. The van der Waals surface area contributed by atoms with E-state index in [1.807, 2.05) is 27.7 Å². The Labute approximate surface area is 354 Å². The molecule has 4 rings (SSSR count). The predicted octanol–water partition coefficient (Wildman–Crippen LogP) is 5.30. The topological polar surface area (TPSA) is 202 Å². The zero-order valence-corrected chi connectivity index (χ0v) is 36.2. The molecule has 2 aliphatic rings. The summed E-state index contributed by atoms with van der Waals surface area (Å²) < 4.78 is 0. The van der Waals surface area contributed by atoms with Crippen LogP contribution in [0.2, 0.25) is 0 Å². The SMILES string of the molecule is CCC[C@H](CC(=O)[C@@H]1CCC[C@@H]1NC(=O)[C@@H](CC(=O)[C@@H](NC(=O)c1cnccn1)C1CCCCC1)C(C)(C)C)C(=O)C(=O)CCC(=O)N[C@H](C(=O)N(C)C)c1ccccc1. The second-order valence-corrected chi connectivity index (χ2v) is 17.8. The minimum atomic E-state index is -0.953. The molecule has 0 bridgehead atoms. The van der Waals surface area contributed by atoms with Crippen molar-refractivity contribution in [2.24, 2.45) is 29.1 Å². The third-order valence-corrected chi connectivity index (χ3v) is 12.0. The number of carbonyl (C=O) groups is 8. The molecule has 0 spiro atoms. The number of carbonyl (C=O) groups excluding carboxylic acids is 8. The molecule has 3 N–H and O–H groups in total. The fourth-order valence-electron chi connectivity index (χ4n) is 8.55. The Morgan fingerprint density at radius 1 is 0.833 bits per heavy atom. The fraction of sp³-hybridized carbons (Fsp3) is 0.609. The van der Waals surface area contributed by atoms with E-state index in [-0.39, 0.29) is 60.7 Å². The van der Waals surface area contributed by atoms with Gasteiger partial charge in [0.15, 0.2) is 11.6 Å². The summed E-state index contributed by atoms with van der Waals surface area (Å²) in [5.41, 5.74) is 0.0561. The minimum Gasteiger partial charge on any atom is -0.352 e. The van der Waals surface area contributed by atoms with Gasteiger partial charge in [0, 0.05) is 76.0 Å². The molecule has 4 amide bonds. The van der Waals surface area contributed by atoms with Gasteiger partial charge in [0.1, 0.15) is 17.5 Å². The van der Waals surface area contributed by atoms with Crippen LogP contribution in [0.25, 0.3) is 0 Å². The zero-order valence-electron chi connectivity index (χ0n) is 36.2. The van der Waals surface area contributed by atoms with E-state index in [9.17, 15) is 38.4 Å². The molecule has 2 aromatic rings. The van der Waals surface area contributed by atoms with Crippen LogP contribution < -0.4 is 16.0 Å². The molecule has 1 aromatic carbocycles. The molecular formula is C46H64N6O8. The van der Waals surface area contributed by atoms with Gasteiger partial charge in [0.2, 0.25) is 23.5 Å². The van der Waals surface area contributed by atoms with Crippen LogP contribution in [0.4, 0.5) is 0 Å². The van der Waals surface area contributed by atoms with Crippen molar-refractivity contribution in [1.29, 1.82) is 0 Å². The first-order valence-corrected chi connectivity index (χ1v) is 21.6. The van der Waals surface area contributed by atoms with Crippen molar-refractivity contribution in [2.75, 3.05) is 14.1 Å². The van der Waals surface area contributed by atoms with Crippen LogP contribution in [0.3, 0.4) is 0 Å². The highest BCUT2D eigenvalue weighted by Crippen LogP contribution is 2.35. The Hall–Kier alpha value is -5.14. The van der Waals surface area contributed by atoms with Crippen LogP contribution in [0.1, 0.15) is 140 Å². The first-order valence-electron chi connectivity index (χ1n) is 21.6. The van der Waals surface area contributed by atoms with Gasteiger partial charge in [-0.2, -0.15) is 0 Å². The maximum Gasteiger partial charge on any atom is 0.272 e. The van der Waals surface area contributed by atoms with E-state index in [0.717, 1.165) is 32.1 Å². The van der Waals surface area contributed by atoms with Crippen molar-refractivity contribution in [2.45, 2.75) is 136 Å². The smallest absolute Gasteiger partial charge is 0.272 e.